The van der Waals surface area contributed by atoms with Crippen molar-refractivity contribution in [1.82, 2.24) is 14.3 Å². The summed E-state index contributed by atoms with van der Waals surface area (Å²) in [5.41, 5.74) is -0.112. The largest absolute Gasteiger partial charge is 0.497 e. The quantitative estimate of drug-likeness (QED) is 0.702. The molecule has 0 spiro atoms. The molecular weight excluding hydrogens is 392 g/mol. The summed E-state index contributed by atoms with van der Waals surface area (Å²) in [4.78, 5) is 16.2. The highest BCUT2D eigenvalue weighted by Crippen LogP contribution is 2.18. The molecule has 0 saturated carbocycles. The SMILES string of the molecule is COc1ccc(S(=O)(=O)NC(=O)c2cn(-c3cc(F)cc(F)c3)c(C)n2)cc1. The van der Waals surface area contributed by atoms with Crippen molar-refractivity contribution in [2.75, 3.05) is 7.11 Å². The molecule has 1 heterocycles. The molecule has 1 N–H and O–H groups in total. The van der Waals surface area contributed by atoms with Gasteiger partial charge in [-0.05, 0) is 43.3 Å². The fourth-order valence-corrected chi connectivity index (χ4v) is 3.47. The Labute approximate surface area is 159 Å². The first kappa shape index (κ1) is 19.5. The van der Waals surface area contributed by atoms with Crippen LogP contribution in [0.15, 0.2) is 53.6 Å². The molecule has 0 fully saturated rings. The monoisotopic (exact) mass is 407 g/mol. The van der Waals surface area contributed by atoms with Gasteiger partial charge < -0.3 is 9.30 Å². The Morgan fingerprint density at radius 2 is 1.71 bits per heavy atom. The number of hydrogen-bond acceptors (Lipinski definition) is 5. The third-order valence-corrected chi connectivity index (χ3v) is 5.18. The molecule has 2 aromatic carbocycles. The van der Waals surface area contributed by atoms with Crippen molar-refractivity contribution < 1.29 is 26.7 Å². The number of nitrogens with one attached hydrogen (secondary N) is 1. The number of aryl methyl sites for hydroxylation is 1. The van der Waals surface area contributed by atoms with E-state index in [-0.39, 0.29) is 22.1 Å². The normalized spacial score (nSPS) is 11.3. The number of halogens is 2. The van der Waals surface area contributed by atoms with Crippen LogP contribution in [0.25, 0.3) is 5.69 Å². The van der Waals surface area contributed by atoms with Crippen molar-refractivity contribution in [3.63, 3.8) is 0 Å². The maximum absolute atomic E-state index is 13.4. The summed E-state index contributed by atoms with van der Waals surface area (Å²) >= 11 is 0. The highest BCUT2D eigenvalue weighted by molar-refractivity contribution is 7.90. The van der Waals surface area contributed by atoms with Crippen LogP contribution in [0.4, 0.5) is 8.78 Å². The minimum Gasteiger partial charge on any atom is -0.497 e. The number of sulfonamides is 1. The van der Waals surface area contributed by atoms with Gasteiger partial charge in [0.2, 0.25) is 0 Å². The Kier molecular flexibility index (Phi) is 5.14. The fourth-order valence-electron chi connectivity index (χ4n) is 2.51. The van der Waals surface area contributed by atoms with Crippen LogP contribution in [-0.2, 0) is 10.0 Å². The van der Waals surface area contributed by atoms with Gasteiger partial charge in [0, 0.05) is 12.3 Å². The van der Waals surface area contributed by atoms with Crippen LogP contribution in [-0.4, -0.2) is 31.0 Å². The van der Waals surface area contributed by atoms with Gasteiger partial charge >= 0.3 is 0 Å². The first-order chi connectivity index (χ1) is 13.2. The molecule has 0 aliphatic carbocycles. The van der Waals surface area contributed by atoms with E-state index < -0.39 is 27.6 Å². The van der Waals surface area contributed by atoms with Crippen LogP contribution >= 0.6 is 0 Å². The van der Waals surface area contributed by atoms with Crippen molar-refractivity contribution in [2.45, 2.75) is 11.8 Å². The van der Waals surface area contributed by atoms with Crippen molar-refractivity contribution in [2.24, 2.45) is 0 Å². The molecule has 1 amide bonds. The van der Waals surface area contributed by atoms with Crippen LogP contribution in [0.5, 0.6) is 5.75 Å². The molecule has 3 rings (SSSR count). The summed E-state index contributed by atoms with van der Waals surface area (Å²) < 4.78 is 59.7. The number of aromatic nitrogens is 2. The van der Waals surface area contributed by atoms with E-state index in [4.69, 9.17) is 4.74 Å². The first-order valence-electron chi connectivity index (χ1n) is 7.93. The molecule has 1 aromatic heterocycles. The number of hydrogen-bond donors (Lipinski definition) is 1. The molecule has 10 heteroatoms. The Hall–Kier alpha value is -3.27. The molecule has 28 heavy (non-hydrogen) atoms. The van der Waals surface area contributed by atoms with Gasteiger partial charge in [-0.25, -0.2) is 26.9 Å². The van der Waals surface area contributed by atoms with Gasteiger partial charge in [0.15, 0.2) is 0 Å². The summed E-state index contributed by atoms with van der Waals surface area (Å²) in [7, 11) is -2.70. The lowest BCUT2D eigenvalue weighted by molar-refractivity contribution is 0.0977. The molecule has 0 unspecified atom stereocenters. The second-order valence-electron chi connectivity index (χ2n) is 5.78. The van der Waals surface area contributed by atoms with Crippen molar-refractivity contribution >= 4 is 15.9 Å². The molecule has 3 aromatic rings. The third kappa shape index (κ3) is 4.01. The molecule has 0 radical (unpaired) electrons. The summed E-state index contributed by atoms with van der Waals surface area (Å²) in [6.07, 6.45) is 1.20. The molecule has 0 aliphatic rings. The number of carbonyl (C=O) groups excluding carboxylic acids is 1. The molecule has 0 aliphatic heterocycles. The fraction of sp³-hybridized carbons (Fsp3) is 0.111. The lowest BCUT2D eigenvalue weighted by Crippen LogP contribution is -2.30. The Balaban J connectivity index is 1.86. The van der Waals surface area contributed by atoms with E-state index in [1.165, 1.54) is 49.1 Å². The lowest BCUT2D eigenvalue weighted by Gasteiger charge is -2.06. The minimum atomic E-state index is -4.14. The van der Waals surface area contributed by atoms with E-state index in [1.54, 1.807) is 0 Å². The smallest absolute Gasteiger partial charge is 0.285 e. The average molecular weight is 407 g/mol. The lowest BCUT2D eigenvalue weighted by atomic mass is 10.3. The predicted octanol–water partition coefficient (Wildman–Crippen LogP) is 2.59. The maximum Gasteiger partial charge on any atom is 0.285 e. The Bertz CT molecular complexity index is 1120. The van der Waals surface area contributed by atoms with Gasteiger partial charge in [-0.2, -0.15) is 0 Å². The highest BCUT2D eigenvalue weighted by Gasteiger charge is 2.21. The van der Waals surface area contributed by atoms with E-state index >= 15 is 0 Å². The summed E-state index contributed by atoms with van der Waals surface area (Å²) in [6.45, 7) is 1.51. The van der Waals surface area contributed by atoms with E-state index in [0.29, 0.717) is 11.8 Å². The number of amides is 1. The maximum atomic E-state index is 13.4. The number of methoxy groups -OCH3 is 1. The molecule has 0 bridgehead atoms. The number of rotatable bonds is 5. The molecule has 0 atom stereocenters. The third-order valence-electron chi connectivity index (χ3n) is 3.84. The van der Waals surface area contributed by atoms with Gasteiger partial charge in [0.05, 0.1) is 17.7 Å². The minimum absolute atomic E-state index is 0.111. The number of carbonyl (C=O) groups is 1. The van der Waals surface area contributed by atoms with E-state index in [9.17, 15) is 22.0 Å². The summed E-state index contributed by atoms with van der Waals surface area (Å²) in [5.74, 6) is -1.86. The number of benzene rings is 2. The standard InChI is InChI=1S/C18H15F2N3O4S/c1-11-21-17(10-23(11)14-8-12(19)7-13(20)9-14)18(24)22-28(25,26)16-5-3-15(27-2)4-6-16/h3-10H,1-2H3,(H,22,24). The molecule has 146 valence electrons. The van der Waals surface area contributed by atoms with Crippen LogP contribution in [0.3, 0.4) is 0 Å². The first-order valence-corrected chi connectivity index (χ1v) is 9.41. The van der Waals surface area contributed by atoms with E-state index in [1.807, 2.05) is 4.72 Å². The molecule has 7 nitrogen and oxygen atoms in total. The van der Waals surface area contributed by atoms with Crippen molar-refractivity contribution in [1.29, 1.82) is 0 Å². The van der Waals surface area contributed by atoms with Gasteiger partial charge in [0.1, 0.15) is 28.9 Å². The van der Waals surface area contributed by atoms with Crippen LogP contribution in [0.2, 0.25) is 0 Å². The topological polar surface area (TPSA) is 90.3 Å². The van der Waals surface area contributed by atoms with Crippen LogP contribution < -0.4 is 9.46 Å². The van der Waals surface area contributed by atoms with Gasteiger partial charge in [-0.1, -0.05) is 0 Å². The summed E-state index contributed by atoms with van der Waals surface area (Å²) in [5, 5.41) is 0. The van der Waals surface area contributed by atoms with Gasteiger partial charge in [-0.15, -0.1) is 0 Å². The zero-order valence-electron chi connectivity index (χ0n) is 14.8. The number of ether oxygens (including phenoxy) is 1. The van der Waals surface area contributed by atoms with E-state index in [0.717, 1.165) is 12.1 Å². The van der Waals surface area contributed by atoms with Gasteiger partial charge in [0.25, 0.3) is 15.9 Å². The highest BCUT2D eigenvalue weighted by atomic mass is 32.2. The predicted molar refractivity (Wildman–Crippen MR) is 95.9 cm³/mol. The zero-order valence-corrected chi connectivity index (χ0v) is 15.6. The van der Waals surface area contributed by atoms with Crippen LogP contribution in [0, 0.1) is 18.6 Å². The van der Waals surface area contributed by atoms with Crippen molar-refractivity contribution in [3.8, 4) is 11.4 Å². The molecular formula is C18H15F2N3O4S. The second kappa shape index (κ2) is 7.39. The van der Waals surface area contributed by atoms with Crippen LogP contribution in [0.1, 0.15) is 16.3 Å². The zero-order chi connectivity index (χ0) is 20.5. The van der Waals surface area contributed by atoms with Gasteiger partial charge in [-0.3, -0.25) is 4.79 Å². The van der Waals surface area contributed by atoms with E-state index in [2.05, 4.69) is 4.98 Å². The Morgan fingerprint density at radius 3 is 2.29 bits per heavy atom. The second-order valence-corrected chi connectivity index (χ2v) is 7.46. The van der Waals surface area contributed by atoms with Crippen molar-refractivity contribution in [3.05, 3.63) is 71.8 Å². The Morgan fingerprint density at radius 1 is 1.11 bits per heavy atom. The molecule has 0 saturated heterocycles. The number of imidazole rings is 1. The summed E-state index contributed by atoms with van der Waals surface area (Å²) in [6, 6.07) is 8.29. The number of nitrogens with zero attached hydrogens (tertiary/aromatic N) is 2. The average Bonchev–Trinajstić information content (AvgIpc) is 3.02.